The molecular formula is C13H17N. The number of benzene rings is 1. The molecule has 1 saturated heterocycles. The zero-order valence-electron chi connectivity index (χ0n) is 8.88. The van der Waals surface area contributed by atoms with Crippen LogP contribution in [0.25, 0.3) is 0 Å². The van der Waals surface area contributed by atoms with Gasteiger partial charge in [-0.25, -0.2) is 0 Å². The van der Waals surface area contributed by atoms with E-state index < -0.39 is 0 Å². The van der Waals surface area contributed by atoms with Crippen molar-refractivity contribution in [1.82, 2.24) is 5.32 Å². The lowest BCUT2D eigenvalue weighted by Gasteiger charge is -2.20. The Morgan fingerprint density at radius 2 is 2.00 bits per heavy atom. The number of aryl methyl sites for hydroxylation is 1. The molecule has 1 aromatic carbocycles. The third kappa shape index (κ3) is 0.936. The maximum Gasteiger partial charge on any atom is 0.0148 e. The first kappa shape index (κ1) is 8.49. The van der Waals surface area contributed by atoms with Crippen molar-refractivity contribution in [3.63, 3.8) is 0 Å². The first-order valence-corrected chi connectivity index (χ1v) is 5.54. The highest BCUT2D eigenvalue weighted by atomic mass is 15.0. The Morgan fingerprint density at radius 1 is 1.29 bits per heavy atom. The number of piperidine rings is 1. The van der Waals surface area contributed by atoms with E-state index in [1.165, 1.54) is 18.5 Å². The molecule has 74 valence electrons. The summed E-state index contributed by atoms with van der Waals surface area (Å²) in [5, 5.41) is 3.57. The van der Waals surface area contributed by atoms with E-state index in [0.29, 0.717) is 11.5 Å². The van der Waals surface area contributed by atoms with E-state index >= 15 is 0 Å². The fourth-order valence-electron chi connectivity index (χ4n) is 3.10. The first-order chi connectivity index (χ1) is 6.73. The minimum Gasteiger partial charge on any atom is -0.313 e. The molecule has 0 radical (unpaired) electrons. The molecule has 1 aromatic rings. The van der Waals surface area contributed by atoms with Gasteiger partial charge in [-0.1, -0.05) is 29.8 Å². The van der Waals surface area contributed by atoms with E-state index in [-0.39, 0.29) is 0 Å². The molecule has 1 saturated carbocycles. The third-order valence-electron chi connectivity index (χ3n) is 4.18. The maximum atomic E-state index is 3.57. The summed E-state index contributed by atoms with van der Waals surface area (Å²) in [6.07, 6.45) is 1.39. The van der Waals surface area contributed by atoms with Gasteiger partial charge in [0, 0.05) is 11.5 Å². The van der Waals surface area contributed by atoms with Crippen molar-refractivity contribution in [1.29, 1.82) is 0 Å². The van der Waals surface area contributed by atoms with Gasteiger partial charge in [0.15, 0.2) is 0 Å². The van der Waals surface area contributed by atoms with Crippen LogP contribution in [0, 0.1) is 12.8 Å². The zero-order valence-corrected chi connectivity index (χ0v) is 8.88. The van der Waals surface area contributed by atoms with Gasteiger partial charge in [-0.2, -0.15) is 0 Å². The average Bonchev–Trinajstić information content (AvgIpc) is 2.84. The van der Waals surface area contributed by atoms with Crippen LogP contribution in [-0.2, 0) is 5.41 Å². The lowest BCUT2D eigenvalue weighted by Crippen LogP contribution is -2.31. The summed E-state index contributed by atoms with van der Waals surface area (Å²) >= 11 is 0. The number of hydrogen-bond acceptors (Lipinski definition) is 1. The summed E-state index contributed by atoms with van der Waals surface area (Å²) < 4.78 is 0. The van der Waals surface area contributed by atoms with Crippen LogP contribution in [0.2, 0.25) is 0 Å². The Labute approximate surface area is 85.5 Å². The number of rotatable bonds is 1. The zero-order chi connectivity index (χ0) is 9.76. The topological polar surface area (TPSA) is 12.0 Å². The molecule has 1 heteroatoms. The van der Waals surface area contributed by atoms with Crippen LogP contribution in [-0.4, -0.2) is 12.6 Å². The number of fused-ring (bicyclic) bond motifs is 1. The second kappa shape index (κ2) is 2.60. The summed E-state index contributed by atoms with van der Waals surface area (Å²) in [6, 6.07) is 9.78. The van der Waals surface area contributed by atoms with Crippen LogP contribution < -0.4 is 5.32 Å². The van der Waals surface area contributed by atoms with Gasteiger partial charge in [0.25, 0.3) is 0 Å². The highest BCUT2D eigenvalue weighted by Gasteiger charge is 2.61. The van der Waals surface area contributed by atoms with E-state index in [1.54, 1.807) is 5.56 Å². The summed E-state index contributed by atoms with van der Waals surface area (Å²) in [6.45, 7) is 5.70. The van der Waals surface area contributed by atoms with E-state index in [0.717, 1.165) is 5.92 Å². The Hall–Kier alpha value is -0.820. The molecular weight excluding hydrogens is 170 g/mol. The molecule has 3 rings (SSSR count). The summed E-state index contributed by atoms with van der Waals surface area (Å²) in [4.78, 5) is 0. The van der Waals surface area contributed by atoms with Gasteiger partial charge in [0.2, 0.25) is 0 Å². The Bertz CT molecular complexity index is 354. The number of nitrogens with one attached hydrogen (secondary N) is 1. The van der Waals surface area contributed by atoms with Crippen molar-refractivity contribution in [3.05, 3.63) is 35.4 Å². The molecule has 3 unspecified atom stereocenters. The van der Waals surface area contributed by atoms with Gasteiger partial charge in [-0.15, -0.1) is 0 Å². The molecule has 3 atom stereocenters. The van der Waals surface area contributed by atoms with Crippen molar-refractivity contribution in [2.45, 2.75) is 31.7 Å². The fraction of sp³-hybridized carbons (Fsp3) is 0.538. The minimum absolute atomic E-state index is 0.494. The van der Waals surface area contributed by atoms with Crippen LogP contribution in [0.1, 0.15) is 24.5 Å². The summed E-state index contributed by atoms with van der Waals surface area (Å²) in [5.41, 5.74) is 3.40. The first-order valence-electron chi connectivity index (χ1n) is 5.54. The highest BCUT2D eigenvalue weighted by molar-refractivity contribution is 5.40. The predicted octanol–water partition coefficient (Wildman–Crippen LogP) is 2.24. The molecule has 14 heavy (non-hydrogen) atoms. The van der Waals surface area contributed by atoms with Crippen LogP contribution in [0.4, 0.5) is 0 Å². The largest absolute Gasteiger partial charge is 0.313 e. The molecule has 1 aliphatic carbocycles. The predicted molar refractivity (Wildman–Crippen MR) is 58.4 cm³/mol. The van der Waals surface area contributed by atoms with E-state index in [9.17, 15) is 0 Å². The number of hydrogen-bond donors (Lipinski definition) is 1. The van der Waals surface area contributed by atoms with Crippen LogP contribution in [0.5, 0.6) is 0 Å². The SMILES string of the molecule is Cc1ccc(C23CC2CNC3C)cc1. The molecule has 2 aliphatic rings. The monoisotopic (exact) mass is 187 g/mol. The standard InChI is InChI=1S/C13H17N/c1-9-3-5-11(6-4-9)13-7-12(13)8-14-10(13)2/h3-6,10,12,14H,7-8H2,1-2H3. The van der Waals surface area contributed by atoms with Crippen molar-refractivity contribution in [2.75, 3.05) is 6.54 Å². The molecule has 0 amide bonds. The fourth-order valence-corrected chi connectivity index (χ4v) is 3.10. The van der Waals surface area contributed by atoms with Crippen molar-refractivity contribution >= 4 is 0 Å². The Balaban J connectivity index is 2.00. The molecule has 1 heterocycles. The molecule has 0 aromatic heterocycles. The normalized spacial score (nSPS) is 39.6. The van der Waals surface area contributed by atoms with Crippen molar-refractivity contribution in [3.8, 4) is 0 Å². The van der Waals surface area contributed by atoms with Gasteiger partial charge in [0.05, 0.1) is 0 Å². The summed E-state index contributed by atoms with van der Waals surface area (Å²) in [5.74, 6) is 0.903. The van der Waals surface area contributed by atoms with Crippen LogP contribution >= 0.6 is 0 Å². The maximum absolute atomic E-state index is 3.57. The molecule has 0 spiro atoms. The second-order valence-corrected chi connectivity index (χ2v) is 4.94. The van der Waals surface area contributed by atoms with E-state index in [4.69, 9.17) is 0 Å². The molecule has 0 bridgehead atoms. The minimum atomic E-state index is 0.494. The van der Waals surface area contributed by atoms with Crippen LogP contribution in [0.15, 0.2) is 24.3 Å². The van der Waals surface area contributed by atoms with Crippen LogP contribution in [0.3, 0.4) is 0 Å². The van der Waals surface area contributed by atoms with Gasteiger partial charge in [0.1, 0.15) is 0 Å². The van der Waals surface area contributed by atoms with Crippen molar-refractivity contribution < 1.29 is 0 Å². The van der Waals surface area contributed by atoms with Gasteiger partial charge >= 0.3 is 0 Å². The third-order valence-corrected chi connectivity index (χ3v) is 4.18. The van der Waals surface area contributed by atoms with E-state index in [1.807, 2.05) is 0 Å². The molecule has 1 nitrogen and oxygen atoms in total. The highest BCUT2D eigenvalue weighted by Crippen LogP contribution is 2.59. The van der Waals surface area contributed by atoms with Gasteiger partial charge < -0.3 is 5.32 Å². The Morgan fingerprint density at radius 3 is 2.50 bits per heavy atom. The van der Waals surface area contributed by atoms with E-state index in [2.05, 4.69) is 43.4 Å². The average molecular weight is 187 g/mol. The Kier molecular flexibility index (Phi) is 1.58. The van der Waals surface area contributed by atoms with Gasteiger partial charge in [-0.05, 0) is 38.3 Å². The lowest BCUT2D eigenvalue weighted by atomic mass is 9.88. The lowest BCUT2D eigenvalue weighted by molar-refractivity contribution is 0.520. The molecule has 1 N–H and O–H groups in total. The quantitative estimate of drug-likeness (QED) is 0.711. The molecule has 2 fully saturated rings. The molecule has 1 aliphatic heterocycles. The smallest absolute Gasteiger partial charge is 0.0148 e. The second-order valence-electron chi connectivity index (χ2n) is 4.94. The summed E-state index contributed by atoms with van der Waals surface area (Å²) in [7, 11) is 0. The van der Waals surface area contributed by atoms with Gasteiger partial charge in [-0.3, -0.25) is 0 Å². The van der Waals surface area contributed by atoms with Crippen molar-refractivity contribution in [2.24, 2.45) is 5.92 Å².